The van der Waals surface area contributed by atoms with Crippen molar-refractivity contribution in [3.8, 4) is 0 Å². The second-order valence-electron chi connectivity index (χ2n) is 5.50. The molecule has 1 aromatic heterocycles. The van der Waals surface area contributed by atoms with Gasteiger partial charge in [-0.1, -0.05) is 39.4 Å². The van der Waals surface area contributed by atoms with Crippen LogP contribution in [0.2, 0.25) is 0 Å². The molecular formula is C14H18BrN3S. The molecule has 102 valence electrons. The summed E-state index contributed by atoms with van der Waals surface area (Å²) >= 11 is 5.12. The summed E-state index contributed by atoms with van der Waals surface area (Å²) in [7, 11) is 0. The van der Waals surface area contributed by atoms with Crippen LogP contribution in [0.5, 0.6) is 0 Å². The van der Waals surface area contributed by atoms with E-state index in [0.29, 0.717) is 0 Å². The van der Waals surface area contributed by atoms with Gasteiger partial charge < -0.3 is 5.32 Å². The smallest absolute Gasteiger partial charge is 0.131 e. The first-order valence-corrected chi connectivity index (χ1v) is 7.84. The summed E-state index contributed by atoms with van der Waals surface area (Å²) < 4.78 is 1.10. The molecule has 0 saturated heterocycles. The molecule has 0 spiro atoms. The van der Waals surface area contributed by atoms with Crippen molar-refractivity contribution in [2.75, 3.05) is 0 Å². The van der Waals surface area contributed by atoms with Gasteiger partial charge in [-0.05, 0) is 38.5 Å². The molecule has 0 unspecified atom stereocenters. The van der Waals surface area contributed by atoms with Crippen LogP contribution in [0, 0.1) is 0 Å². The van der Waals surface area contributed by atoms with Crippen molar-refractivity contribution < 1.29 is 0 Å². The van der Waals surface area contributed by atoms with Crippen LogP contribution < -0.4 is 5.32 Å². The van der Waals surface area contributed by atoms with E-state index in [2.05, 4.69) is 76.5 Å². The first kappa shape index (κ1) is 14.6. The van der Waals surface area contributed by atoms with Crippen LogP contribution in [-0.2, 0) is 13.0 Å². The van der Waals surface area contributed by atoms with Gasteiger partial charge >= 0.3 is 0 Å². The number of rotatable bonds is 4. The molecule has 5 heteroatoms. The SMILES string of the molecule is CC(C)(C)NCc1nnc(Cc2ccc(Br)cc2)s1. The minimum atomic E-state index is 0.109. The van der Waals surface area contributed by atoms with Crippen LogP contribution in [0.4, 0.5) is 0 Å². The summed E-state index contributed by atoms with van der Waals surface area (Å²) in [6.07, 6.45) is 0.848. The fraction of sp³-hybridized carbons (Fsp3) is 0.429. The lowest BCUT2D eigenvalue weighted by Gasteiger charge is -2.19. The Morgan fingerprint density at radius 3 is 2.37 bits per heavy atom. The molecule has 0 aliphatic carbocycles. The van der Waals surface area contributed by atoms with E-state index >= 15 is 0 Å². The first-order valence-electron chi connectivity index (χ1n) is 6.23. The van der Waals surface area contributed by atoms with Crippen LogP contribution in [0.25, 0.3) is 0 Å². The van der Waals surface area contributed by atoms with Crippen LogP contribution >= 0.6 is 27.3 Å². The molecule has 0 aliphatic rings. The maximum Gasteiger partial charge on any atom is 0.131 e. The quantitative estimate of drug-likeness (QED) is 0.920. The maximum atomic E-state index is 4.25. The highest BCUT2D eigenvalue weighted by atomic mass is 79.9. The normalized spacial score (nSPS) is 11.8. The molecule has 2 aromatic rings. The zero-order chi connectivity index (χ0) is 13.9. The standard InChI is InChI=1S/C14H18BrN3S/c1-14(2,3)16-9-13-18-17-12(19-13)8-10-4-6-11(15)7-5-10/h4-7,16H,8-9H2,1-3H3. The first-order chi connectivity index (χ1) is 8.92. The molecule has 0 amide bonds. The van der Waals surface area contributed by atoms with E-state index in [-0.39, 0.29) is 5.54 Å². The van der Waals surface area contributed by atoms with Crippen molar-refractivity contribution in [2.24, 2.45) is 0 Å². The van der Waals surface area contributed by atoms with E-state index in [1.54, 1.807) is 11.3 Å². The van der Waals surface area contributed by atoms with E-state index in [4.69, 9.17) is 0 Å². The van der Waals surface area contributed by atoms with Crippen molar-refractivity contribution in [2.45, 2.75) is 39.3 Å². The Kier molecular flexibility index (Phi) is 4.71. The topological polar surface area (TPSA) is 37.8 Å². The molecule has 0 aliphatic heterocycles. The highest BCUT2D eigenvalue weighted by Gasteiger charge is 2.11. The van der Waals surface area contributed by atoms with E-state index in [1.807, 2.05) is 0 Å². The number of hydrogen-bond acceptors (Lipinski definition) is 4. The number of halogens is 1. The molecule has 0 atom stereocenters. The molecule has 0 saturated carbocycles. The van der Waals surface area contributed by atoms with Gasteiger partial charge in [0.05, 0.1) is 6.54 Å². The lowest BCUT2D eigenvalue weighted by atomic mass is 10.1. The lowest BCUT2D eigenvalue weighted by Crippen LogP contribution is -2.35. The van der Waals surface area contributed by atoms with Gasteiger partial charge in [0, 0.05) is 16.4 Å². The average molecular weight is 340 g/mol. The zero-order valence-corrected chi connectivity index (χ0v) is 13.8. The summed E-state index contributed by atoms with van der Waals surface area (Å²) in [6, 6.07) is 8.33. The molecule has 19 heavy (non-hydrogen) atoms. The minimum Gasteiger partial charge on any atom is -0.306 e. The zero-order valence-electron chi connectivity index (χ0n) is 11.4. The van der Waals surface area contributed by atoms with Crippen LogP contribution in [0.3, 0.4) is 0 Å². The van der Waals surface area contributed by atoms with Gasteiger partial charge in [-0.3, -0.25) is 0 Å². The van der Waals surface area contributed by atoms with E-state index in [9.17, 15) is 0 Å². The van der Waals surface area contributed by atoms with Crippen molar-refractivity contribution in [1.82, 2.24) is 15.5 Å². The van der Waals surface area contributed by atoms with E-state index < -0.39 is 0 Å². The molecule has 1 N–H and O–H groups in total. The summed E-state index contributed by atoms with van der Waals surface area (Å²) in [4.78, 5) is 0. The van der Waals surface area contributed by atoms with Crippen molar-refractivity contribution >= 4 is 27.3 Å². The third-order valence-electron chi connectivity index (χ3n) is 2.55. The van der Waals surface area contributed by atoms with Crippen LogP contribution in [-0.4, -0.2) is 15.7 Å². The Balaban J connectivity index is 1.95. The van der Waals surface area contributed by atoms with Gasteiger partial charge in [0.2, 0.25) is 0 Å². The van der Waals surface area contributed by atoms with Gasteiger partial charge in [-0.25, -0.2) is 0 Å². The molecule has 1 heterocycles. The predicted octanol–water partition coefficient (Wildman–Crippen LogP) is 3.78. The molecule has 2 rings (SSSR count). The summed E-state index contributed by atoms with van der Waals surface area (Å²) in [5.74, 6) is 0. The third kappa shape index (κ3) is 5.01. The second kappa shape index (κ2) is 6.11. The molecule has 0 radical (unpaired) electrons. The predicted molar refractivity (Wildman–Crippen MR) is 83.4 cm³/mol. The van der Waals surface area contributed by atoms with Crippen molar-refractivity contribution in [3.05, 3.63) is 44.3 Å². The molecule has 0 bridgehead atoms. The van der Waals surface area contributed by atoms with E-state index in [1.165, 1.54) is 5.56 Å². The van der Waals surface area contributed by atoms with Crippen molar-refractivity contribution in [3.63, 3.8) is 0 Å². The van der Waals surface area contributed by atoms with Gasteiger partial charge in [-0.15, -0.1) is 10.2 Å². The Hall–Kier alpha value is -0.780. The fourth-order valence-corrected chi connectivity index (χ4v) is 2.63. The maximum absolute atomic E-state index is 4.25. The van der Waals surface area contributed by atoms with Gasteiger partial charge in [-0.2, -0.15) is 0 Å². The minimum absolute atomic E-state index is 0.109. The molecular weight excluding hydrogens is 322 g/mol. The Morgan fingerprint density at radius 2 is 1.74 bits per heavy atom. The summed E-state index contributed by atoms with van der Waals surface area (Å²) in [5, 5.41) is 14.0. The number of nitrogens with one attached hydrogen (secondary N) is 1. The Morgan fingerprint density at radius 1 is 1.11 bits per heavy atom. The molecule has 1 aromatic carbocycles. The highest BCUT2D eigenvalue weighted by Crippen LogP contribution is 2.17. The van der Waals surface area contributed by atoms with Crippen LogP contribution in [0.1, 0.15) is 36.3 Å². The second-order valence-corrected chi connectivity index (χ2v) is 7.56. The van der Waals surface area contributed by atoms with E-state index in [0.717, 1.165) is 27.5 Å². The summed E-state index contributed by atoms with van der Waals surface area (Å²) in [6.45, 7) is 7.23. The third-order valence-corrected chi connectivity index (χ3v) is 4.00. The molecule has 0 fully saturated rings. The van der Waals surface area contributed by atoms with Crippen molar-refractivity contribution in [1.29, 1.82) is 0 Å². The Labute approximate surface area is 126 Å². The fourth-order valence-electron chi connectivity index (χ4n) is 1.55. The Bertz CT molecular complexity index is 528. The number of benzene rings is 1. The van der Waals surface area contributed by atoms with Crippen LogP contribution in [0.15, 0.2) is 28.7 Å². The number of hydrogen-bond donors (Lipinski definition) is 1. The molecule has 3 nitrogen and oxygen atoms in total. The van der Waals surface area contributed by atoms with Gasteiger partial charge in [0.15, 0.2) is 0 Å². The number of aromatic nitrogens is 2. The monoisotopic (exact) mass is 339 g/mol. The summed E-state index contributed by atoms with van der Waals surface area (Å²) in [5.41, 5.74) is 1.37. The lowest BCUT2D eigenvalue weighted by molar-refractivity contribution is 0.423. The number of nitrogens with zero attached hydrogens (tertiary/aromatic N) is 2. The highest BCUT2D eigenvalue weighted by molar-refractivity contribution is 9.10. The largest absolute Gasteiger partial charge is 0.306 e. The average Bonchev–Trinajstić information content (AvgIpc) is 2.77. The van der Waals surface area contributed by atoms with Gasteiger partial charge in [0.1, 0.15) is 10.0 Å². The van der Waals surface area contributed by atoms with Gasteiger partial charge in [0.25, 0.3) is 0 Å².